The zero-order chi connectivity index (χ0) is 29.5. The second-order valence-electron chi connectivity index (χ2n) is 10.4. The van der Waals surface area contributed by atoms with Crippen LogP contribution in [0.1, 0.15) is 40.3 Å². The van der Waals surface area contributed by atoms with Crippen LogP contribution in [0.5, 0.6) is 5.75 Å². The van der Waals surface area contributed by atoms with Crippen molar-refractivity contribution in [3.05, 3.63) is 165 Å². The number of thiazole rings is 1. The fourth-order valence-electron chi connectivity index (χ4n) is 5.74. The molecule has 43 heavy (non-hydrogen) atoms. The van der Waals surface area contributed by atoms with Gasteiger partial charge in [0.05, 0.1) is 21.2 Å². The highest BCUT2D eigenvalue weighted by Crippen LogP contribution is 2.41. The van der Waals surface area contributed by atoms with Gasteiger partial charge in [0.15, 0.2) is 4.80 Å². The lowest BCUT2D eigenvalue weighted by atomic mass is 9.83. The zero-order valence-electron chi connectivity index (χ0n) is 22.8. The number of benzene rings is 4. The molecule has 0 amide bonds. The Labute approximate surface area is 259 Å². The molecule has 1 aliphatic carbocycles. The fourth-order valence-corrected chi connectivity index (χ4v) is 7.11. The van der Waals surface area contributed by atoms with Crippen LogP contribution in [0, 0.1) is 10.1 Å². The highest BCUT2D eigenvalue weighted by molar-refractivity contribution is 9.10. The number of halogens is 1. The number of nitro groups is 1. The summed E-state index contributed by atoms with van der Waals surface area (Å²) in [6.07, 6.45) is 3.61. The molecule has 0 fully saturated rings. The lowest BCUT2D eigenvalue weighted by molar-refractivity contribution is -0.384. The number of allylic oxidation sites excluding steroid dienone is 1. The van der Waals surface area contributed by atoms with Gasteiger partial charge in [-0.3, -0.25) is 19.5 Å². The molecule has 212 valence electrons. The number of nitrogens with zero attached hydrogens (tertiary/aromatic N) is 3. The largest absolute Gasteiger partial charge is 0.488 e. The van der Waals surface area contributed by atoms with Gasteiger partial charge in [-0.1, -0.05) is 81.9 Å². The predicted molar refractivity (Wildman–Crippen MR) is 171 cm³/mol. The summed E-state index contributed by atoms with van der Waals surface area (Å²) >= 11 is 4.93. The van der Waals surface area contributed by atoms with Gasteiger partial charge in [-0.25, -0.2) is 4.99 Å². The summed E-state index contributed by atoms with van der Waals surface area (Å²) in [5.41, 5.74) is 7.09. The maximum atomic E-state index is 14.1. The molecule has 0 unspecified atom stereocenters. The van der Waals surface area contributed by atoms with Gasteiger partial charge in [0.1, 0.15) is 12.4 Å². The fraction of sp³-hybridized carbons (Fsp3) is 0.118. The SMILES string of the molecule is O=c1/c(=C\c2cc(Br)ccc2OCc2ccc([N+](=O)[O-])cc2)sc2n1[C@H](c1ccccc1)C1=C(N=2)c2ccccc2CC1. The van der Waals surface area contributed by atoms with Gasteiger partial charge < -0.3 is 4.74 Å². The quantitative estimate of drug-likeness (QED) is 0.154. The Morgan fingerprint density at radius 1 is 1.00 bits per heavy atom. The lowest BCUT2D eigenvalue weighted by Crippen LogP contribution is -2.38. The number of nitro benzene ring substituents is 1. The topological polar surface area (TPSA) is 86.7 Å². The first-order chi connectivity index (χ1) is 21.0. The van der Waals surface area contributed by atoms with E-state index in [9.17, 15) is 14.9 Å². The molecule has 4 aromatic carbocycles. The van der Waals surface area contributed by atoms with Gasteiger partial charge in [0.25, 0.3) is 11.2 Å². The van der Waals surface area contributed by atoms with E-state index >= 15 is 0 Å². The normalized spacial score (nSPS) is 15.7. The third-order valence-corrected chi connectivity index (χ3v) is 9.26. The Bertz CT molecular complexity index is 2100. The molecule has 1 atom stereocenters. The Morgan fingerprint density at radius 2 is 1.77 bits per heavy atom. The number of ether oxygens (including phenoxy) is 1. The lowest BCUT2D eigenvalue weighted by Gasteiger charge is -2.30. The van der Waals surface area contributed by atoms with E-state index in [-0.39, 0.29) is 23.9 Å². The first-order valence-corrected chi connectivity index (χ1v) is 15.4. The molecule has 0 radical (unpaired) electrons. The Kier molecular flexibility index (Phi) is 7.12. The van der Waals surface area contributed by atoms with Crippen molar-refractivity contribution in [2.24, 2.45) is 4.99 Å². The van der Waals surface area contributed by atoms with E-state index in [1.165, 1.54) is 34.6 Å². The molecule has 2 heterocycles. The van der Waals surface area contributed by atoms with Gasteiger partial charge in [-0.15, -0.1) is 0 Å². The zero-order valence-corrected chi connectivity index (χ0v) is 25.2. The molecule has 0 N–H and O–H groups in total. The van der Waals surface area contributed by atoms with Crippen LogP contribution >= 0.6 is 27.3 Å². The van der Waals surface area contributed by atoms with Crippen molar-refractivity contribution in [2.75, 3.05) is 0 Å². The first-order valence-electron chi connectivity index (χ1n) is 13.8. The minimum Gasteiger partial charge on any atom is -0.488 e. The van der Waals surface area contributed by atoms with Crippen molar-refractivity contribution in [1.29, 1.82) is 0 Å². The predicted octanol–water partition coefficient (Wildman–Crippen LogP) is 6.57. The average molecular weight is 651 g/mol. The van der Waals surface area contributed by atoms with Crippen molar-refractivity contribution in [1.82, 2.24) is 4.57 Å². The number of fused-ring (bicyclic) bond motifs is 3. The molecule has 7 rings (SSSR count). The van der Waals surface area contributed by atoms with Crippen LogP contribution in [0.2, 0.25) is 0 Å². The van der Waals surface area contributed by atoms with Crippen molar-refractivity contribution in [3.63, 3.8) is 0 Å². The van der Waals surface area contributed by atoms with Crippen LogP contribution in [0.15, 0.2) is 117 Å². The summed E-state index contributed by atoms with van der Waals surface area (Å²) < 4.78 is 9.39. The van der Waals surface area contributed by atoms with Gasteiger partial charge in [0, 0.05) is 27.7 Å². The molecule has 0 saturated carbocycles. The molecular weight excluding hydrogens is 626 g/mol. The minimum atomic E-state index is -0.426. The second-order valence-corrected chi connectivity index (χ2v) is 12.3. The third-order valence-electron chi connectivity index (χ3n) is 7.79. The van der Waals surface area contributed by atoms with Gasteiger partial charge in [-0.2, -0.15) is 0 Å². The molecule has 1 aromatic heterocycles. The number of non-ortho nitro benzene ring substituents is 1. The van der Waals surface area contributed by atoms with Crippen LogP contribution in [-0.2, 0) is 13.0 Å². The van der Waals surface area contributed by atoms with Crippen molar-refractivity contribution < 1.29 is 9.66 Å². The maximum absolute atomic E-state index is 14.1. The highest BCUT2D eigenvalue weighted by Gasteiger charge is 2.32. The molecule has 0 spiro atoms. The van der Waals surface area contributed by atoms with Gasteiger partial charge in [0.2, 0.25) is 0 Å². The molecule has 2 aliphatic rings. The number of hydrogen-bond acceptors (Lipinski definition) is 6. The van der Waals surface area contributed by atoms with Crippen molar-refractivity contribution >= 4 is 44.7 Å². The summed E-state index contributed by atoms with van der Waals surface area (Å²) in [4.78, 5) is 30.5. The summed E-state index contributed by atoms with van der Waals surface area (Å²) in [6, 6.07) is 30.3. The Morgan fingerprint density at radius 3 is 2.56 bits per heavy atom. The van der Waals surface area contributed by atoms with E-state index in [0.717, 1.165) is 45.3 Å². The number of aryl methyl sites for hydroxylation is 1. The number of rotatable bonds is 6. The highest BCUT2D eigenvalue weighted by atomic mass is 79.9. The van der Waals surface area contributed by atoms with E-state index < -0.39 is 4.92 Å². The van der Waals surface area contributed by atoms with Crippen LogP contribution in [0.3, 0.4) is 0 Å². The monoisotopic (exact) mass is 649 g/mol. The Balaban J connectivity index is 1.32. The molecule has 7 nitrogen and oxygen atoms in total. The van der Waals surface area contributed by atoms with E-state index in [1.54, 1.807) is 12.1 Å². The van der Waals surface area contributed by atoms with Crippen LogP contribution < -0.4 is 19.6 Å². The van der Waals surface area contributed by atoms with Gasteiger partial charge >= 0.3 is 0 Å². The second kappa shape index (κ2) is 11.2. The van der Waals surface area contributed by atoms with Crippen LogP contribution in [-0.4, -0.2) is 9.49 Å². The first kappa shape index (κ1) is 27.2. The van der Waals surface area contributed by atoms with E-state index in [1.807, 2.05) is 53.1 Å². The van der Waals surface area contributed by atoms with Crippen molar-refractivity contribution in [2.45, 2.75) is 25.5 Å². The summed E-state index contributed by atoms with van der Waals surface area (Å²) in [5, 5.41) is 11.0. The van der Waals surface area contributed by atoms with Crippen LogP contribution in [0.25, 0.3) is 11.8 Å². The summed E-state index contributed by atoms with van der Waals surface area (Å²) in [6.45, 7) is 0.224. The van der Waals surface area contributed by atoms with Crippen LogP contribution in [0.4, 0.5) is 5.69 Å². The smallest absolute Gasteiger partial charge is 0.271 e. The van der Waals surface area contributed by atoms with E-state index in [4.69, 9.17) is 9.73 Å². The minimum absolute atomic E-state index is 0.0300. The molecule has 9 heteroatoms. The molecule has 0 saturated heterocycles. The molecule has 5 aromatic rings. The third kappa shape index (κ3) is 5.15. The van der Waals surface area contributed by atoms with Gasteiger partial charge in [-0.05, 0) is 71.5 Å². The standard InChI is InChI=1S/C34H24BrN3O4S/c35-25-13-17-29(42-20-21-10-14-26(15-11-21)38(40)41)24(18-25)19-30-33(39)37-32(23-7-2-1-3-8-23)28-16-12-22-6-4-5-9-27(22)31(28)36-34(37)43-30/h1-11,13-15,17-19,32H,12,16,20H2/b30-19+/t32-/m1/s1. The van der Waals surface area contributed by atoms with E-state index in [2.05, 4.69) is 46.3 Å². The Hall–Kier alpha value is -4.60. The average Bonchev–Trinajstić information content (AvgIpc) is 3.34. The van der Waals surface area contributed by atoms with Crippen molar-refractivity contribution in [3.8, 4) is 5.75 Å². The molecule has 1 aliphatic heterocycles. The van der Waals surface area contributed by atoms with E-state index in [0.29, 0.717) is 15.1 Å². The summed E-state index contributed by atoms with van der Waals surface area (Å²) in [7, 11) is 0. The number of aromatic nitrogens is 1. The molecule has 0 bridgehead atoms. The molecular formula is C34H24BrN3O4S. The summed E-state index contributed by atoms with van der Waals surface area (Å²) in [5.74, 6) is 0.597. The maximum Gasteiger partial charge on any atom is 0.271 e. The number of hydrogen-bond donors (Lipinski definition) is 0.